The Morgan fingerprint density at radius 2 is 2.05 bits per heavy atom. The third-order valence-corrected chi connectivity index (χ3v) is 4.72. The molecule has 2 nitrogen and oxygen atoms in total. The summed E-state index contributed by atoms with van der Waals surface area (Å²) in [4.78, 5) is 3.03. The van der Waals surface area contributed by atoms with Crippen molar-refractivity contribution >= 4 is 34.2 Å². The van der Waals surface area contributed by atoms with Crippen molar-refractivity contribution in [1.29, 1.82) is 0 Å². The zero-order valence-corrected chi connectivity index (χ0v) is 12.2. The Hall–Kier alpha value is -1.53. The second-order valence-corrected chi connectivity index (χ2v) is 6.11. The molecular weight excluding hydrogens is 298 g/mol. The zero-order valence-electron chi connectivity index (χ0n) is 10.5. The van der Waals surface area contributed by atoms with E-state index in [4.69, 9.17) is 18.0 Å². The van der Waals surface area contributed by atoms with Gasteiger partial charge in [-0.1, -0.05) is 12.2 Å². The highest BCUT2D eigenvalue weighted by atomic mass is 32.1. The van der Waals surface area contributed by atoms with Crippen LogP contribution in [0.15, 0.2) is 23.6 Å². The van der Waals surface area contributed by atoms with E-state index in [1.165, 1.54) is 16.5 Å². The molecule has 0 aliphatic carbocycles. The minimum atomic E-state index is -0.967. The molecule has 2 N–H and O–H groups in total. The second-order valence-electron chi connectivity index (χ2n) is 4.67. The van der Waals surface area contributed by atoms with Crippen LogP contribution in [0, 0.1) is 11.6 Å². The normalized spacial score (nSPS) is 14.2. The van der Waals surface area contributed by atoms with Crippen molar-refractivity contribution in [1.82, 2.24) is 0 Å². The van der Waals surface area contributed by atoms with Gasteiger partial charge in [0.2, 0.25) is 0 Å². The van der Waals surface area contributed by atoms with Crippen LogP contribution in [0.1, 0.15) is 16.0 Å². The first-order chi connectivity index (χ1) is 9.58. The maximum absolute atomic E-state index is 14.2. The molecule has 0 radical (unpaired) electrons. The van der Waals surface area contributed by atoms with E-state index in [9.17, 15) is 8.78 Å². The van der Waals surface area contributed by atoms with Crippen LogP contribution < -0.4 is 10.6 Å². The van der Waals surface area contributed by atoms with Gasteiger partial charge >= 0.3 is 0 Å². The number of halogens is 2. The van der Waals surface area contributed by atoms with Crippen molar-refractivity contribution in [2.75, 3.05) is 11.4 Å². The summed E-state index contributed by atoms with van der Waals surface area (Å²) in [6.45, 7) is 1.28. The van der Waals surface area contributed by atoms with Gasteiger partial charge in [0.05, 0.1) is 5.69 Å². The van der Waals surface area contributed by atoms with E-state index in [0.717, 1.165) is 6.42 Å². The number of benzene rings is 1. The van der Waals surface area contributed by atoms with Gasteiger partial charge in [-0.25, -0.2) is 8.78 Å². The number of thiophene rings is 1. The van der Waals surface area contributed by atoms with Gasteiger partial charge < -0.3 is 10.6 Å². The molecule has 6 heteroatoms. The summed E-state index contributed by atoms with van der Waals surface area (Å²) in [5, 5.41) is 2.03. The molecule has 1 aromatic carbocycles. The first kappa shape index (κ1) is 13.5. The predicted octanol–water partition coefficient (Wildman–Crippen LogP) is 3.22. The number of hydrogen-bond acceptors (Lipinski definition) is 3. The average Bonchev–Trinajstić information content (AvgIpc) is 2.88. The Morgan fingerprint density at radius 3 is 2.80 bits per heavy atom. The van der Waals surface area contributed by atoms with E-state index < -0.39 is 11.6 Å². The van der Waals surface area contributed by atoms with E-state index in [-0.39, 0.29) is 16.2 Å². The molecule has 0 saturated heterocycles. The number of fused-ring (bicyclic) bond motifs is 1. The highest BCUT2D eigenvalue weighted by Gasteiger charge is 2.23. The summed E-state index contributed by atoms with van der Waals surface area (Å²) in [7, 11) is 0. The van der Waals surface area contributed by atoms with Crippen LogP contribution in [0.25, 0.3) is 0 Å². The van der Waals surface area contributed by atoms with Crippen LogP contribution in [0.4, 0.5) is 14.5 Å². The highest BCUT2D eigenvalue weighted by Crippen LogP contribution is 2.31. The van der Waals surface area contributed by atoms with Crippen LogP contribution in [0.3, 0.4) is 0 Å². The molecule has 2 heterocycles. The summed E-state index contributed by atoms with van der Waals surface area (Å²) >= 11 is 6.42. The van der Waals surface area contributed by atoms with Crippen LogP contribution in [0.2, 0.25) is 0 Å². The fraction of sp³-hybridized carbons (Fsp3) is 0.214. The summed E-state index contributed by atoms with van der Waals surface area (Å²) in [5.41, 5.74) is 6.77. The van der Waals surface area contributed by atoms with Crippen molar-refractivity contribution in [3.63, 3.8) is 0 Å². The standard InChI is InChI=1S/C14H12F2N2S2/c15-12-9(14(17)19)1-2-10(13(12)16)18-5-3-11-8(7-18)4-6-20-11/h1-2,4,6H,3,5,7H2,(H2,17,19). The fourth-order valence-corrected chi connectivity index (χ4v) is 3.48. The summed E-state index contributed by atoms with van der Waals surface area (Å²) in [5.74, 6) is -1.85. The molecule has 2 aromatic rings. The molecular formula is C14H12F2N2S2. The van der Waals surface area contributed by atoms with E-state index in [0.29, 0.717) is 13.1 Å². The van der Waals surface area contributed by atoms with Gasteiger partial charge in [-0.05, 0) is 35.6 Å². The zero-order chi connectivity index (χ0) is 14.3. The molecule has 1 aliphatic heterocycles. The Bertz CT molecular complexity index is 682. The highest BCUT2D eigenvalue weighted by molar-refractivity contribution is 7.80. The minimum absolute atomic E-state index is 0.0468. The molecule has 0 atom stereocenters. The molecule has 0 saturated carbocycles. The topological polar surface area (TPSA) is 29.3 Å². The van der Waals surface area contributed by atoms with Gasteiger partial charge in [0.25, 0.3) is 0 Å². The molecule has 0 unspecified atom stereocenters. The first-order valence-electron chi connectivity index (χ1n) is 6.16. The average molecular weight is 310 g/mol. The molecule has 1 aromatic heterocycles. The number of nitrogens with two attached hydrogens (primary N) is 1. The number of rotatable bonds is 2. The third-order valence-electron chi connectivity index (χ3n) is 3.48. The monoisotopic (exact) mass is 310 g/mol. The van der Waals surface area contributed by atoms with Crippen molar-refractivity contribution in [2.45, 2.75) is 13.0 Å². The van der Waals surface area contributed by atoms with Crippen LogP contribution in [-0.2, 0) is 13.0 Å². The lowest BCUT2D eigenvalue weighted by atomic mass is 10.1. The minimum Gasteiger partial charge on any atom is -0.389 e. The lowest BCUT2D eigenvalue weighted by Gasteiger charge is -2.29. The van der Waals surface area contributed by atoms with Crippen molar-refractivity contribution in [3.8, 4) is 0 Å². The van der Waals surface area contributed by atoms with E-state index in [2.05, 4.69) is 0 Å². The number of anilines is 1. The lowest BCUT2D eigenvalue weighted by molar-refractivity contribution is 0.503. The SMILES string of the molecule is NC(=S)c1ccc(N2CCc3sccc3C2)c(F)c1F. The summed E-state index contributed by atoms with van der Waals surface area (Å²) in [6, 6.07) is 5.02. The molecule has 3 rings (SSSR count). The van der Waals surface area contributed by atoms with Gasteiger partial charge in [0, 0.05) is 23.5 Å². The predicted molar refractivity (Wildman–Crippen MR) is 81.3 cm³/mol. The summed E-state index contributed by atoms with van der Waals surface area (Å²) in [6.07, 6.45) is 0.852. The maximum atomic E-state index is 14.2. The van der Waals surface area contributed by atoms with Crippen molar-refractivity contribution in [2.24, 2.45) is 5.73 Å². The van der Waals surface area contributed by atoms with E-state index in [1.807, 2.05) is 16.3 Å². The quantitative estimate of drug-likeness (QED) is 0.864. The fourth-order valence-electron chi connectivity index (χ4n) is 2.43. The van der Waals surface area contributed by atoms with E-state index >= 15 is 0 Å². The van der Waals surface area contributed by atoms with Crippen LogP contribution in [-0.4, -0.2) is 11.5 Å². The Labute approximate surface area is 124 Å². The van der Waals surface area contributed by atoms with Crippen LogP contribution >= 0.6 is 23.6 Å². The van der Waals surface area contributed by atoms with Gasteiger partial charge in [-0.15, -0.1) is 11.3 Å². The third kappa shape index (κ3) is 2.19. The molecule has 104 valence electrons. The van der Waals surface area contributed by atoms with Gasteiger partial charge in [-0.3, -0.25) is 0 Å². The smallest absolute Gasteiger partial charge is 0.182 e. The number of thiocarbonyl (C=S) groups is 1. The Balaban J connectivity index is 1.96. The molecule has 0 bridgehead atoms. The molecule has 0 amide bonds. The van der Waals surface area contributed by atoms with Gasteiger partial charge in [-0.2, -0.15) is 0 Å². The first-order valence-corrected chi connectivity index (χ1v) is 7.44. The molecule has 20 heavy (non-hydrogen) atoms. The Kier molecular flexibility index (Phi) is 3.43. The van der Waals surface area contributed by atoms with Gasteiger partial charge in [0.15, 0.2) is 11.6 Å². The number of nitrogens with zero attached hydrogens (tertiary/aromatic N) is 1. The molecule has 0 fully saturated rings. The lowest BCUT2D eigenvalue weighted by Crippen LogP contribution is -2.30. The van der Waals surface area contributed by atoms with Crippen molar-refractivity contribution in [3.05, 3.63) is 51.2 Å². The molecule has 1 aliphatic rings. The number of hydrogen-bond donors (Lipinski definition) is 1. The largest absolute Gasteiger partial charge is 0.389 e. The maximum Gasteiger partial charge on any atom is 0.182 e. The Morgan fingerprint density at radius 1 is 1.25 bits per heavy atom. The van der Waals surface area contributed by atoms with E-state index in [1.54, 1.807) is 17.4 Å². The van der Waals surface area contributed by atoms with Crippen molar-refractivity contribution < 1.29 is 8.78 Å². The second kappa shape index (κ2) is 5.10. The molecule has 0 spiro atoms. The van der Waals surface area contributed by atoms with Crippen LogP contribution in [0.5, 0.6) is 0 Å². The summed E-state index contributed by atoms with van der Waals surface area (Å²) < 4.78 is 28.1. The van der Waals surface area contributed by atoms with Gasteiger partial charge in [0.1, 0.15) is 4.99 Å².